The van der Waals surface area contributed by atoms with E-state index in [-0.39, 0.29) is 11.4 Å². The molecule has 0 saturated heterocycles. The Morgan fingerprint density at radius 2 is 1.80 bits per heavy atom. The van der Waals surface area contributed by atoms with Gasteiger partial charge in [-0.25, -0.2) is 13.1 Å². The zero-order valence-corrected chi connectivity index (χ0v) is 15.6. The molecule has 0 aromatic heterocycles. The summed E-state index contributed by atoms with van der Waals surface area (Å²) in [5.41, 5.74) is 1.87. The van der Waals surface area contributed by atoms with E-state index in [1.807, 2.05) is 0 Å². The van der Waals surface area contributed by atoms with Gasteiger partial charge in [0.15, 0.2) is 0 Å². The molecular formula is C18H23NO5S. The molecular weight excluding hydrogens is 342 g/mol. The fourth-order valence-electron chi connectivity index (χ4n) is 2.51. The van der Waals surface area contributed by atoms with Crippen LogP contribution in [0.25, 0.3) is 0 Å². The summed E-state index contributed by atoms with van der Waals surface area (Å²) in [6.07, 6.45) is -0.982. The number of ether oxygens (including phenoxy) is 2. The summed E-state index contributed by atoms with van der Waals surface area (Å²) in [6.45, 7) is 3.34. The molecule has 7 heteroatoms. The van der Waals surface area contributed by atoms with Crippen LogP contribution < -0.4 is 14.2 Å². The lowest BCUT2D eigenvalue weighted by molar-refractivity contribution is 0.181. The Balaban J connectivity index is 2.17. The second-order valence-electron chi connectivity index (χ2n) is 5.73. The van der Waals surface area contributed by atoms with Crippen LogP contribution in [0, 0.1) is 13.8 Å². The van der Waals surface area contributed by atoms with E-state index >= 15 is 0 Å². The summed E-state index contributed by atoms with van der Waals surface area (Å²) in [4.78, 5) is 0.170. The maximum atomic E-state index is 12.6. The molecule has 0 aliphatic heterocycles. The Bertz CT molecular complexity index is 849. The van der Waals surface area contributed by atoms with Gasteiger partial charge in [0.2, 0.25) is 10.0 Å². The molecule has 2 aromatic carbocycles. The number of sulfonamides is 1. The lowest BCUT2D eigenvalue weighted by Crippen LogP contribution is -2.29. The smallest absolute Gasteiger partial charge is 0.240 e. The molecule has 1 atom stereocenters. The van der Waals surface area contributed by atoms with E-state index in [2.05, 4.69) is 4.72 Å². The standard InChI is InChI=1S/C18H23NO5S/c1-12-9-18(13(2)8-17(12)24-4)25(21,22)19-11-16(20)14-6-5-7-15(10-14)23-3/h5-10,16,19-20H,11H2,1-4H3. The lowest BCUT2D eigenvalue weighted by atomic mass is 10.1. The topological polar surface area (TPSA) is 84.9 Å². The van der Waals surface area contributed by atoms with Gasteiger partial charge in [0.25, 0.3) is 0 Å². The van der Waals surface area contributed by atoms with Crippen molar-refractivity contribution in [3.63, 3.8) is 0 Å². The van der Waals surface area contributed by atoms with Gasteiger partial charge in [-0.2, -0.15) is 0 Å². The highest BCUT2D eigenvalue weighted by molar-refractivity contribution is 7.89. The fourth-order valence-corrected chi connectivity index (χ4v) is 3.85. The number of hydrogen-bond acceptors (Lipinski definition) is 5. The Morgan fingerprint density at radius 3 is 2.44 bits per heavy atom. The average molecular weight is 365 g/mol. The van der Waals surface area contributed by atoms with Crippen molar-refractivity contribution in [2.75, 3.05) is 20.8 Å². The third kappa shape index (κ3) is 4.50. The second kappa shape index (κ2) is 7.86. The second-order valence-corrected chi connectivity index (χ2v) is 7.47. The number of benzene rings is 2. The Hall–Kier alpha value is -2.09. The SMILES string of the molecule is COc1cccc(C(O)CNS(=O)(=O)c2cc(C)c(OC)cc2C)c1. The molecule has 0 fully saturated rings. The summed E-state index contributed by atoms with van der Waals surface area (Å²) in [7, 11) is -0.683. The maximum absolute atomic E-state index is 12.6. The van der Waals surface area contributed by atoms with Crippen molar-refractivity contribution in [2.45, 2.75) is 24.8 Å². The molecule has 0 spiro atoms. The minimum Gasteiger partial charge on any atom is -0.497 e. The molecule has 0 bridgehead atoms. The summed E-state index contributed by atoms with van der Waals surface area (Å²) in [6, 6.07) is 10.1. The van der Waals surface area contributed by atoms with Gasteiger partial charge in [0.1, 0.15) is 11.5 Å². The van der Waals surface area contributed by atoms with Crippen molar-refractivity contribution < 1.29 is 23.0 Å². The maximum Gasteiger partial charge on any atom is 0.240 e. The van der Waals surface area contributed by atoms with Gasteiger partial charge >= 0.3 is 0 Å². The van der Waals surface area contributed by atoms with E-state index < -0.39 is 16.1 Å². The fraction of sp³-hybridized carbons (Fsp3) is 0.333. The lowest BCUT2D eigenvalue weighted by Gasteiger charge is -2.15. The van der Waals surface area contributed by atoms with E-state index in [1.54, 1.807) is 57.4 Å². The van der Waals surface area contributed by atoms with E-state index in [1.165, 1.54) is 7.11 Å². The minimum atomic E-state index is -3.75. The van der Waals surface area contributed by atoms with Crippen molar-refractivity contribution in [3.05, 3.63) is 53.1 Å². The largest absolute Gasteiger partial charge is 0.497 e. The highest BCUT2D eigenvalue weighted by Gasteiger charge is 2.20. The van der Waals surface area contributed by atoms with Gasteiger partial charge in [-0.05, 0) is 54.8 Å². The third-order valence-electron chi connectivity index (χ3n) is 3.93. The van der Waals surface area contributed by atoms with Gasteiger partial charge in [0.05, 0.1) is 25.2 Å². The predicted molar refractivity (Wildman–Crippen MR) is 95.6 cm³/mol. The summed E-state index contributed by atoms with van der Waals surface area (Å²) in [5, 5.41) is 10.3. The molecule has 25 heavy (non-hydrogen) atoms. The molecule has 6 nitrogen and oxygen atoms in total. The van der Waals surface area contributed by atoms with Crippen LogP contribution in [-0.4, -0.2) is 34.3 Å². The zero-order valence-electron chi connectivity index (χ0n) is 14.7. The number of aliphatic hydroxyl groups is 1. The van der Waals surface area contributed by atoms with Crippen molar-refractivity contribution in [1.29, 1.82) is 0 Å². The number of rotatable bonds is 7. The van der Waals surface area contributed by atoms with Crippen LogP contribution in [0.15, 0.2) is 41.3 Å². The van der Waals surface area contributed by atoms with Crippen molar-refractivity contribution >= 4 is 10.0 Å². The quantitative estimate of drug-likeness (QED) is 0.787. The van der Waals surface area contributed by atoms with Crippen LogP contribution in [0.1, 0.15) is 22.8 Å². The van der Waals surface area contributed by atoms with Crippen LogP contribution in [0.2, 0.25) is 0 Å². The number of hydrogen-bond donors (Lipinski definition) is 2. The number of aliphatic hydroxyl groups excluding tert-OH is 1. The van der Waals surface area contributed by atoms with Gasteiger partial charge in [-0.1, -0.05) is 12.1 Å². The first-order valence-electron chi connectivity index (χ1n) is 7.75. The molecule has 0 amide bonds. The van der Waals surface area contributed by atoms with E-state index in [0.29, 0.717) is 22.6 Å². The first kappa shape index (κ1) is 19.2. The molecule has 136 valence electrons. The number of aryl methyl sites for hydroxylation is 2. The molecule has 2 aromatic rings. The predicted octanol–water partition coefficient (Wildman–Crippen LogP) is 2.33. The van der Waals surface area contributed by atoms with Crippen LogP contribution in [0.4, 0.5) is 0 Å². The Kier molecular flexibility index (Phi) is 6.05. The first-order valence-corrected chi connectivity index (χ1v) is 9.23. The zero-order chi connectivity index (χ0) is 18.6. The summed E-state index contributed by atoms with van der Waals surface area (Å²) < 4.78 is 37.9. The molecule has 0 aliphatic rings. The highest BCUT2D eigenvalue weighted by atomic mass is 32.2. The minimum absolute atomic E-state index is 0.139. The van der Waals surface area contributed by atoms with Crippen molar-refractivity contribution in [2.24, 2.45) is 0 Å². The van der Waals surface area contributed by atoms with Gasteiger partial charge in [0, 0.05) is 6.54 Å². The Labute approximate surface area is 148 Å². The van der Waals surface area contributed by atoms with Crippen molar-refractivity contribution in [3.8, 4) is 11.5 Å². The molecule has 0 radical (unpaired) electrons. The molecule has 1 unspecified atom stereocenters. The van der Waals surface area contributed by atoms with Crippen molar-refractivity contribution in [1.82, 2.24) is 4.72 Å². The summed E-state index contributed by atoms with van der Waals surface area (Å²) in [5.74, 6) is 1.23. The van der Waals surface area contributed by atoms with Gasteiger partial charge < -0.3 is 14.6 Å². The average Bonchev–Trinajstić information content (AvgIpc) is 2.61. The van der Waals surface area contributed by atoms with E-state index in [9.17, 15) is 13.5 Å². The van der Waals surface area contributed by atoms with Crippen LogP contribution in [-0.2, 0) is 10.0 Å². The highest BCUT2D eigenvalue weighted by Crippen LogP contribution is 2.26. The van der Waals surface area contributed by atoms with E-state index in [0.717, 1.165) is 5.56 Å². The molecule has 0 saturated carbocycles. The van der Waals surface area contributed by atoms with Gasteiger partial charge in [-0.3, -0.25) is 0 Å². The van der Waals surface area contributed by atoms with E-state index in [4.69, 9.17) is 9.47 Å². The number of methoxy groups -OCH3 is 2. The first-order chi connectivity index (χ1) is 11.8. The van der Waals surface area contributed by atoms with Gasteiger partial charge in [-0.15, -0.1) is 0 Å². The third-order valence-corrected chi connectivity index (χ3v) is 5.49. The number of nitrogens with one attached hydrogen (secondary N) is 1. The van der Waals surface area contributed by atoms with Crippen LogP contribution >= 0.6 is 0 Å². The Morgan fingerprint density at radius 1 is 1.08 bits per heavy atom. The summed E-state index contributed by atoms with van der Waals surface area (Å²) >= 11 is 0. The molecule has 0 heterocycles. The molecule has 0 aliphatic carbocycles. The van der Waals surface area contributed by atoms with Crippen LogP contribution in [0.3, 0.4) is 0 Å². The normalized spacial score (nSPS) is 12.7. The van der Waals surface area contributed by atoms with Crippen LogP contribution in [0.5, 0.6) is 11.5 Å². The molecule has 2 rings (SSSR count). The monoisotopic (exact) mass is 365 g/mol. The molecule has 2 N–H and O–H groups in total.